The van der Waals surface area contributed by atoms with Crippen molar-refractivity contribution in [2.45, 2.75) is 372 Å². The van der Waals surface area contributed by atoms with Crippen LogP contribution in [0.25, 0.3) is 0 Å². The number of nitrogens with one attached hydrogen (secondary N) is 1. The summed E-state index contributed by atoms with van der Waals surface area (Å²) in [5, 5.41) is 57.4. The molecule has 0 aromatic rings. The highest BCUT2D eigenvalue weighted by Gasteiger charge is 2.47. The lowest BCUT2D eigenvalue weighted by atomic mass is 9.99. The predicted molar refractivity (Wildman–Crippen MR) is 384 cm³/mol. The van der Waals surface area contributed by atoms with Crippen LogP contribution in [0.1, 0.15) is 323 Å². The van der Waals surface area contributed by atoms with Gasteiger partial charge in [-0.1, -0.05) is 316 Å². The van der Waals surface area contributed by atoms with E-state index >= 15 is 0 Å². The lowest BCUT2D eigenvalue weighted by Gasteiger charge is -2.41. The van der Waals surface area contributed by atoms with Crippen LogP contribution in [0.3, 0.4) is 0 Å². The van der Waals surface area contributed by atoms with Crippen LogP contribution in [0.4, 0.5) is 0 Å². The van der Waals surface area contributed by atoms with Gasteiger partial charge in [-0.25, -0.2) is 0 Å². The van der Waals surface area contributed by atoms with E-state index in [0.717, 1.165) is 116 Å². The molecular weight excluding hydrogens is 1130 g/mol. The van der Waals surface area contributed by atoms with Gasteiger partial charge in [0, 0.05) is 6.42 Å². The summed E-state index contributed by atoms with van der Waals surface area (Å²) in [6.07, 6.45) is 81.2. The fourth-order valence-corrected chi connectivity index (χ4v) is 11.3. The fraction of sp³-hybridized carbons (Fsp3) is 0.750. The van der Waals surface area contributed by atoms with Gasteiger partial charge in [-0.05, 0) is 109 Å². The molecule has 8 unspecified atom stereocenters. The van der Waals surface area contributed by atoms with Gasteiger partial charge < -0.3 is 45.1 Å². The van der Waals surface area contributed by atoms with Gasteiger partial charge in [0.1, 0.15) is 24.4 Å². The summed E-state index contributed by atoms with van der Waals surface area (Å²) in [4.78, 5) is 26.8. The molecule has 1 rings (SSSR count). The number of hydrogen-bond donors (Lipinski definition) is 6. The maximum absolute atomic E-state index is 13.5. The molecule has 0 aliphatic carbocycles. The summed E-state index contributed by atoms with van der Waals surface area (Å²) < 4.78 is 17.7. The van der Waals surface area contributed by atoms with Crippen molar-refractivity contribution in [1.29, 1.82) is 0 Å². The Kier molecular flexibility index (Phi) is 62.2. The number of unbranched alkanes of at least 4 members (excludes halogenated alkanes) is 34. The molecule has 1 heterocycles. The molecule has 0 aromatic heterocycles. The number of esters is 1. The molecule has 8 atom stereocenters. The zero-order valence-electron chi connectivity index (χ0n) is 58.4. The Morgan fingerprint density at radius 2 is 0.791 bits per heavy atom. The quantitative estimate of drug-likeness (QED) is 0.0195. The number of carbonyl (C=O) groups excluding carboxylic acids is 2. The Hall–Kier alpha value is -3.68. The summed E-state index contributed by atoms with van der Waals surface area (Å²) in [5.74, 6) is -1.20. The van der Waals surface area contributed by atoms with Crippen LogP contribution in [0, 0.1) is 0 Å². The number of ether oxygens (including phenoxy) is 3. The van der Waals surface area contributed by atoms with Crippen LogP contribution < -0.4 is 5.32 Å². The number of carbonyl (C=O) groups is 2. The molecule has 11 nitrogen and oxygen atoms in total. The van der Waals surface area contributed by atoms with Crippen LogP contribution in [0.2, 0.25) is 0 Å². The highest BCUT2D eigenvalue weighted by atomic mass is 16.7. The summed E-state index contributed by atoms with van der Waals surface area (Å²) >= 11 is 0. The van der Waals surface area contributed by atoms with Gasteiger partial charge in [-0.3, -0.25) is 9.59 Å². The minimum Gasteiger partial charge on any atom is -0.454 e. The van der Waals surface area contributed by atoms with Gasteiger partial charge >= 0.3 is 5.97 Å². The third-order valence-corrected chi connectivity index (χ3v) is 17.2. The fourth-order valence-electron chi connectivity index (χ4n) is 11.3. The number of hydrogen-bond acceptors (Lipinski definition) is 10. The van der Waals surface area contributed by atoms with E-state index in [2.05, 4.69) is 123 Å². The minimum atomic E-state index is -1.62. The number of allylic oxidation sites excluding steroid dienone is 17. The largest absolute Gasteiger partial charge is 0.454 e. The van der Waals surface area contributed by atoms with Gasteiger partial charge in [0.15, 0.2) is 12.4 Å². The van der Waals surface area contributed by atoms with Crippen LogP contribution in [0.15, 0.2) is 109 Å². The number of aliphatic hydroxyl groups is 5. The smallest absolute Gasteiger partial charge is 0.306 e. The molecule has 524 valence electrons. The maximum atomic E-state index is 13.5. The van der Waals surface area contributed by atoms with Crippen molar-refractivity contribution in [1.82, 2.24) is 5.32 Å². The molecule has 0 spiro atoms. The predicted octanol–water partition coefficient (Wildman–Crippen LogP) is 20.0. The summed E-state index contributed by atoms with van der Waals surface area (Å²) in [6, 6.07) is -1.03. The van der Waals surface area contributed by atoms with E-state index in [9.17, 15) is 35.1 Å². The van der Waals surface area contributed by atoms with Crippen molar-refractivity contribution in [3.05, 3.63) is 109 Å². The van der Waals surface area contributed by atoms with Gasteiger partial charge in [-0.15, -0.1) is 0 Å². The standard InChI is InChI=1S/C80H139NO10/c1-4-7-10-13-16-19-22-25-27-29-31-33-35-36-37-38-39-41-43-45-47-50-53-56-59-62-65-68-75(85)91-78-77(87)76(86)74(69-82)90-80(78)89-70-71(72(83)66-63-60-57-54-51-48-24-21-18-15-12-9-6-3)81-79(88)73(84)67-64-61-58-55-52-49-46-44-42-40-34-32-30-28-26-23-20-17-14-11-8-5-2/h7,10,16-17,19-20,25-28,31,33,36-37,39,41,63,66,71-74,76-78,80,82-84,86-87H,4-6,8-9,11-15,18,21-24,29-30,32,34-35,38,40,42-62,64-65,67-70H2,1-3H3,(H,81,88)/b10-7-,19-16-,20-17-,27-25-,28-26-,33-31-,37-36-,41-39-,66-63+. The van der Waals surface area contributed by atoms with Crippen molar-refractivity contribution < 1.29 is 49.3 Å². The van der Waals surface area contributed by atoms with Crippen molar-refractivity contribution in [2.75, 3.05) is 13.2 Å². The Morgan fingerprint density at radius 1 is 0.440 bits per heavy atom. The van der Waals surface area contributed by atoms with E-state index in [4.69, 9.17) is 14.2 Å². The zero-order chi connectivity index (χ0) is 66.0. The van der Waals surface area contributed by atoms with Crippen LogP contribution in [-0.4, -0.2) is 99.6 Å². The van der Waals surface area contributed by atoms with E-state index in [-0.39, 0.29) is 19.4 Å². The van der Waals surface area contributed by atoms with Crippen LogP contribution >= 0.6 is 0 Å². The molecule has 0 bridgehead atoms. The molecule has 1 aliphatic heterocycles. The highest BCUT2D eigenvalue weighted by Crippen LogP contribution is 2.26. The SMILES string of the molecule is CC/C=C\C/C=C\C/C=C\C/C=C\C/C=C\C/C=C\CCCCCCCCCCC(=O)OC1C(OCC(NC(=O)C(O)CCCCCCCCCCCCCC/C=C\C/C=C\CCCCC)C(O)/C=C/CCCCCCCCCCCCC)OC(CO)C(O)C1O. The first kappa shape index (κ1) is 85.3. The van der Waals surface area contributed by atoms with Crippen molar-refractivity contribution >= 4 is 11.9 Å². The van der Waals surface area contributed by atoms with E-state index in [1.54, 1.807) is 6.08 Å². The Bertz CT molecular complexity index is 1900. The number of rotatable bonds is 64. The van der Waals surface area contributed by atoms with Crippen molar-refractivity contribution in [3.63, 3.8) is 0 Å². The second-order valence-corrected chi connectivity index (χ2v) is 25.6. The molecule has 6 N–H and O–H groups in total. The minimum absolute atomic E-state index is 0.109. The van der Waals surface area contributed by atoms with Crippen molar-refractivity contribution in [3.8, 4) is 0 Å². The van der Waals surface area contributed by atoms with Crippen LogP contribution in [-0.2, 0) is 23.8 Å². The third kappa shape index (κ3) is 53.3. The normalized spacial score (nSPS) is 18.6. The maximum Gasteiger partial charge on any atom is 0.306 e. The topological polar surface area (TPSA) is 175 Å². The second-order valence-electron chi connectivity index (χ2n) is 25.6. The lowest BCUT2D eigenvalue weighted by Crippen LogP contribution is -2.61. The summed E-state index contributed by atoms with van der Waals surface area (Å²) in [5.41, 5.74) is 0. The highest BCUT2D eigenvalue weighted by molar-refractivity contribution is 5.80. The Balaban J connectivity index is 2.56. The summed E-state index contributed by atoms with van der Waals surface area (Å²) in [7, 11) is 0. The lowest BCUT2D eigenvalue weighted by molar-refractivity contribution is -0.305. The van der Waals surface area contributed by atoms with Gasteiger partial charge in [0.25, 0.3) is 0 Å². The number of aliphatic hydroxyl groups excluding tert-OH is 5. The van der Waals surface area contributed by atoms with E-state index in [1.165, 1.54) is 161 Å². The molecule has 1 saturated heterocycles. The Morgan fingerprint density at radius 3 is 1.21 bits per heavy atom. The first-order chi connectivity index (χ1) is 44.7. The zero-order valence-corrected chi connectivity index (χ0v) is 58.4. The number of amides is 1. The van der Waals surface area contributed by atoms with E-state index < -0.39 is 67.4 Å². The third-order valence-electron chi connectivity index (χ3n) is 17.2. The Labute approximate surface area is 558 Å². The average molecular weight is 1270 g/mol. The van der Waals surface area contributed by atoms with Gasteiger partial charge in [0.2, 0.25) is 5.91 Å². The van der Waals surface area contributed by atoms with Crippen molar-refractivity contribution in [2.24, 2.45) is 0 Å². The van der Waals surface area contributed by atoms with Gasteiger partial charge in [-0.2, -0.15) is 0 Å². The van der Waals surface area contributed by atoms with E-state index in [0.29, 0.717) is 12.8 Å². The van der Waals surface area contributed by atoms with Gasteiger partial charge in [0.05, 0.1) is 25.4 Å². The molecule has 0 radical (unpaired) electrons. The molecule has 1 amide bonds. The molecule has 0 saturated carbocycles. The molecule has 1 fully saturated rings. The second kappa shape index (κ2) is 66.3. The molecule has 91 heavy (non-hydrogen) atoms. The first-order valence-corrected chi connectivity index (χ1v) is 37.7. The summed E-state index contributed by atoms with van der Waals surface area (Å²) in [6.45, 7) is 5.68. The molecule has 0 aromatic carbocycles. The molecule has 11 heteroatoms. The van der Waals surface area contributed by atoms with E-state index in [1.807, 2.05) is 6.08 Å². The van der Waals surface area contributed by atoms with Crippen LogP contribution in [0.5, 0.6) is 0 Å². The monoisotopic (exact) mass is 1270 g/mol. The molecule has 1 aliphatic rings. The first-order valence-electron chi connectivity index (χ1n) is 37.7. The average Bonchev–Trinajstić information content (AvgIpc) is 1.11. The molecular formula is C80H139NO10.